The number of nitrogens with two attached hydrogens (primary N) is 1. The van der Waals surface area contributed by atoms with Crippen LogP contribution in [0.4, 0.5) is 5.69 Å². The van der Waals surface area contributed by atoms with Gasteiger partial charge in [0.1, 0.15) is 0 Å². The molecule has 0 bridgehead atoms. The Morgan fingerprint density at radius 3 is 2.83 bits per heavy atom. The first-order chi connectivity index (χ1) is 5.74. The topological polar surface area (TPSA) is 38.0 Å². The number of nitrogens with one attached hydrogen (secondary N) is 1. The molecule has 0 fully saturated rings. The molecule has 0 saturated heterocycles. The van der Waals surface area contributed by atoms with Crippen molar-refractivity contribution in [1.82, 2.24) is 4.72 Å². The van der Waals surface area contributed by atoms with Crippen molar-refractivity contribution in [3.05, 3.63) is 23.8 Å². The Balaban J connectivity index is 2.69. The van der Waals surface area contributed by atoms with Gasteiger partial charge in [-0.25, -0.2) is 0 Å². The predicted molar refractivity (Wildman–Crippen MR) is 55.1 cm³/mol. The number of anilines is 1. The fourth-order valence-corrected chi connectivity index (χ4v) is 1.55. The SMILES string of the molecule is CCNSc1ccc(N)c(C)c1. The molecular formula is C9H14N2S. The molecule has 3 N–H and O–H groups in total. The van der Waals surface area contributed by atoms with E-state index in [1.54, 1.807) is 11.9 Å². The quantitative estimate of drug-likeness (QED) is 0.556. The summed E-state index contributed by atoms with van der Waals surface area (Å²) in [6, 6.07) is 6.05. The minimum absolute atomic E-state index is 0.857. The molecular weight excluding hydrogens is 168 g/mol. The second kappa shape index (κ2) is 4.38. The van der Waals surface area contributed by atoms with Crippen LogP contribution in [0.1, 0.15) is 12.5 Å². The van der Waals surface area contributed by atoms with Crippen LogP contribution in [-0.4, -0.2) is 6.54 Å². The molecule has 0 saturated carbocycles. The number of hydrogen-bond acceptors (Lipinski definition) is 3. The molecule has 0 aliphatic rings. The highest BCUT2D eigenvalue weighted by Crippen LogP contribution is 2.19. The van der Waals surface area contributed by atoms with Gasteiger partial charge in [0, 0.05) is 17.1 Å². The van der Waals surface area contributed by atoms with Crippen LogP contribution in [0.25, 0.3) is 0 Å². The van der Waals surface area contributed by atoms with E-state index in [1.807, 2.05) is 19.1 Å². The van der Waals surface area contributed by atoms with Crippen molar-refractivity contribution in [2.75, 3.05) is 12.3 Å². The summed E-state index contributed by atoms with van der Waals surface area (Å²) in [5, 5.41) is 0. The minimum atomic E-state index is 0.857. The van der Waals surface area contributed by atoms with Crippen LogP contribution in [0.2, 0.25) is 0 Å². The molecule has 0 aliphatic heterocycles. The van der Waals surface area contributed by atoms with Crippen LogP contribution in [0.15, 0.2) is 23.1 Å². The largest absolute Gasteiger partial charge is 0.399 e. The molecule has 0 heterocycles. The van der Waals surface area contributed by atoms with Gasteiger partial charge in [-0.2, -0.15) is 0 Å². The second-order valence-electron chi connectivity index (χ2n) is 2.62. The monoisotopic (exact) mass is 182 g/mol. The fraction of sp³-hybridized carbons (Fsp3) is 0.333. The van der Waals surface area contributed by atoms with E-state index in [9.17, 15) is 0 Å². The van der Waals surface area contributed by atoms with E-state index in [0.29, 0.717) is 0 Å². The van der Waals surface area contributed by atoms with Crippen LogP contribution >= 0.6 is 11.9 Å². The van der Waals surface area contributed by atoms with Crippen molar-refractivity contribution in [1.29, 1.82) is 0 Å². The molecule has 0 radical (unpaired) electrons. The highest BCUT2D eigenvalue weighted by molar-refractivity contribution is 7.97. The van der Waals surface area contributed by atoms with Crippen molar-refractivity contribution < 1.29 is 0 Å². The highest BCUT2D eigenvalue weighted by Gasteiger charge is 1.95. The number of nitrogen functional groups attached to an aromatic ring is 1. The normalized spacial score (nSPS) is 10.2. The fourth-order valence-electron chi connectivity index (χ4n) is 0.867. The molecule has 0 aliphatic carbocycles. The van der Waals surface area contributed by atoms with E-state index in [-0.39, 0.29) is 0 Å². The first-order valence-electron chi connectivity index (χ1n) is 4.00. The first-order valence-corrected chi connectivity index (χ1v) is 4.81. The minimum Gasteiger partial charge on any atom is -0.399 e. The van der Waals surface area contributed by atoms with Gasteiger partial charge in [0.25, 0.3) is 0 Å². The average molecular weight is 182 g/mol. The third kappa shape index (κ3) is 2.43. The lowest BCUT2D eigenvalue weighted by Gasteiger charge is -2.04. The molecule has 1 aromatic carbocycles. The van der Waals surface area contributed by atoms with Gasteiger partial charge in [0.05, 0.1) is 0 Å². The Hall–Kier alpha value is -0.670. The molecule has 0 spiro atoms. The van der Waals surface area contributed by atoms with Gasteiger partial charge in [-0.1, -0.05) is 6.92 Å². The van der Waals surface area contributed by atoms with Crippen molar-refractivity contribution in [2.45, 2.75) is 18.7 Å². The van der Waals surface area contributed by atoms with Crippen LogP contribution < -0.4 is 10.5 Å². The number of hydrogen-bond donors (Lipinski definition) is 2. The zero-order valence-electron chi connectivity index (χ0n) is 7.42. The number of rotatable bonds is 3. The lowest BCUT2D eigenvalue weighted by molar-refractivity contribution is 1.03. The number of benzene rings is 1. The Labute approximate surface area is 77.7 Å². The van der Waals surface area contributed by atoms with Crippen molar-refractivity contribution >= 4 is 17.6 Å². The van der Waals surface area contributed by atoms with Crippen LogP contribution in [-0.2, 0) is 0 Å². The molecule has 2 nitrogen and oxygen atoms in total. The van der Waals surface area contributed by atoms with Gasteiger partial charge < -0.3 is 5.73 Å². The molecule has 0 aromatic heterocycles. The average Bonchev–Trinajstić information content (AvgIpc) is 2.07. The van der Waals surface area contributed by atoms with E-state index < -0.39 is 0 Å². The first kappa shape index (κ1) is 9.42. The van der Waals surface area contributed by atoms with E-state index in [2.05, 4.69) is 17.7 Å². The van der Waals surface area contributed by atoms with Crippen LogP contribution in [0.3, 0.4) is 0 Å². The highest BCUT2D eigenvalue weighted by atomic mass is 32.2. The molecule has 0 atom stereocenters. The maximum absolute atomic E-state index is 5.69. The maximum atomic E-state index is 5.69. The van der Waals surface area contributed by atoms with Crippen molar-refractivity contribution in [2.24, 2.45) is 0 Å². The van der Waals surface area contributed by atoms with Crippen LogP contribution in [0.5, 0.6) is 0 Å². The Kier molecular flexibility index (Phi) is 3.44. The van der Waals surface area contributed by atoms with E-state index >= 15 is 0 Å². The molecule has 0 amide bonds. The van der Waals surface area contributed by atoms with Gasteiger partial charge in [0.2, 0.25) is 0 Å². The zero-order chi connectivity index (χ0) is 8.97. The van der Waals surface area contributed by atoms with Gasteiger partial charge in [-0.15, -0.1) is 0 Å². The summed E-state index contributed by atoms with van der Waals surface area (Å²) >= 11 is 1.64. The summed E-state index contributed by atoms with van der Waals surface area (Å²) in [5.74, 6) is 0. The van der Waals surface area contributed by atoms with E-state index in [4.69, 9.17) is 5.73 Å². The van der Waals surface area contributed by atoms with Gasteiger partial charge in [-0.3, -0.25) is 4.72 Å². The summed E-state index contributed by atoms with van der Waals surface area (Å²) in [6.45, 7) is 5.07. The van der Waals surface area contributed by atoms with Gasteiger partial charge in [-0.05, 0) is 42.6 Å². The van der Waals surface area contributed by atoms with E-state index in [1.165, 1.54) is 4.90 Å². The smallest absolute Gasteiger partial charge is 0.0344 e. The maximum Gasteiger partial charge on any atom is 0.0344 e. The lowest BCUT2D eigenvalue weighted by Crippen LogP contribution is -2.00. The standard InChI is InChI=1S/C9H14N2S/c1-3-11-12-8-4-5-9(10)7(2)6-8/h4-6,11H,3,10H2,1-2H3. The summed E-state index contributed by atoms with van der Waals surface area (Å²) in [7, 11) is 0. The molecule has 1 rings (SSSR count). The van der Waals surface area contributed by atoms with Crippen LogP contribution in [0, 0.1) is 6.92 Å². The Bertz CT molecular complexity index is 261. The number of aryl methyl sites for hydroxylation is 1. The third-order valence-electron chi connectivity index (χ3n) is 1.58. The summed E-state index contributed by atoms with van der Waals surface area (Å²) in [4.78, 5) is 1.21. The predicted octanol–water partition coefficient (Wildman–Crippen LogP) is 2.19. The second-order valence-corrected chi connectivity index (χ2v) is 3.58. The Morgan fingerprint density at radius 1 is 1.50 bits per heavy atom. The van der Waals surface area contributed by atoms with Gasteiger partial charge >= 0.3 is 0 Å². The van der Waals surface area contributed by atoms with Gasteiger partial charge in [0.15, 0.2) is 0 Å². The molecule has 66 valence electrons. The molecule has 0 unspecified atom stereocenters. The van der Waals surface area contributed by atoms with Crippen molar-refractivity contribution in [3.8, 4) is 0 Å². The Morgan fingerprint density at radius 2 is 2.25 bits per heavy atom. The third-order valence-corrected chi connectivity index (χ3v) is 2.50. The van der Waals surface area contributed by atoms with Crippen molar-refractivity contribution in [3.63, 3.8) is 0 Å². The zero-order valence-corrected chi connectivity index (χ0v) is 8.24. The van der Waals surface area contributed by atoms with E-state index in [0.717, 1.165) is 17.8 Å². The molecule has 12 heavy (non-hydrogen) atoms. The summed E-state index contributed by atoms with van der Waals surface area (Å²) < 4.78 is 3.19. The molecule has 3 heteroatoms. The lowest BCUT2D eigenvalue weighted by atomic mass is 10.2. The summed E-state index contributed by atoms with van der Waals surface area (Å²) in [6.07, 6.45) is 0. The molecule has 1 aromatic rings. The summed E-state index contributed by atoms with van der Waals surface area (Å²) in [5.41, 5.74) is 7.68.